The van der Waals surface area contributed by atoms with Gasteiger partial charge in [-0.25, -0.2) is 4.98 Å². The van der Waals surface area contributed by atoms with Crippen molar-refractivity contribution in [2.45, 2.75) is 6.92 Å². The summed E-state index contributed by atoms with van der Waals surface area (Å²) in [4.78, 5) is 17.3. The minimum Gasteiger partial charge on any atom is -0.495 e. The number of aromatic nitrogens is 1. The zero-order valence-corrected chi connectivity index (χ0v) is 17.1. The topological polar surface area (TPSA) is 64.4 Å². The molecule has 0 aliphatic carbocycles. The number of amides is 1. The zero-order chi connectivity index (χ0) is 20.5. The summed E-state index contributed by atoms with van der Waals surface area (Å²) >= 11 is 12.1. The molecule has 1 N–H and O–H groups in total. The van der Waals surface area contributed by atoms with Crippen LogP contribution in [0.5, 0.6) is 5.75 Å². The Hall–Kier alpha value is -3.02. The average molecular weight is 427 g/mol. The number of hydrogen-bond donors (Lipinski definition) is 1. The summed E-state index contributed by atoms with van der Waals surface area (Å²) in [7, 11) is 1.53. The van der Waals surface area contributed by atoms with Crippen LogP contribution in [0.4, 0.5) is 5.69 Å². The van der Waals surface area contributed by atoms with E-state index in [0.717, 1.165) is 11.1 Å². The number of rotatable bonds is 4. The van der Waals surface area contributed by atoms with E-state index in [1.807, 2.05) is 31.2 Å². The Labute approximate surface area is 177 Å². The van der Waals surface area contributed by atoms with Crippen LogP contribution in [0, 0.1) is 6.92 Å². The van der Waals surface area contributed by atoms with Crippen molar-refractivity contribution in [3.8, 4) is 17.2 Å². The smallest absolute Gasteiger partial charge is 0.257 e. The minimum atomic E-state index is -0.379. The molecule has 1 aromatic heterocycles. The lowest BCUT2D eigenvalue weighted by Gasteiger charge is -2.12. The van der Waals surface area contributed by atoms with Crippen molar-refractivity contribution < 1.29 is 13.9 Å². The second-order valence-corrected chi connectivity index (χ2v) is 7.33. The second-order valence-electron chi connectivity index (χ2n) is 6.48. The lowest BCUT2D eigenvalue weighted by molar-refractivity contribution is 0.102. The normalized spacial score (nSPS) is 10.9. The number of ether oxygens (including phenoxy) is 1. The van der Waals surface area contributed by atoms with E-state index in [1.54, 1.807) is 24.3 Å². The van der Waals surface area contributed by atoms with Crippen LogP contribution in [0.15, 0.2) is 59.0 Å². The minimum absolute atomic E-state index is 0.263. The molecule has 0 saturated carbocycles. The van der Waals surface area contributed by atoms with E-state index >= 15 is 0 Å². The predicted molar refractivity (Wildman–Crippen MR) is 115 cm³/mol. The number of benzene rings is 3. The van der Waals surface area contributed by atoms with Crippen LogP contribution >= 0.6 is 23.2 Å². The van der Waals surface area contributed by atoms with Gasteiger partial charge in [-0.3, -0.25) is 4.79 Å². The molecular formula is C22H16Cl2N2O3. The Morgan fingerprint density at radius 2 is 1.90 bits per heavy atom. The molecule has 146 valence electrons. The average Bonchev–Trinajstić information content (AvgIpc) is 3.11. The molecule has 0 radical (unpaired) electrons. The van der Waals surface area contributed by atoms with Gasteiger partial charge in [-0.2, -0.15) is 0 Å². The fourth-order valence-electron chi connectivity index (χ4n) is 2.96. The first-order valence-electron chi connectivity index (χ1n) is 8.76. The molecule has 0 fully saturated rings. The molecule has 3 aromatic carbocycles. The van der Waals surface area contributed by atoms with Crippen LogP contribution in [0.25, 0.3) is 22.6 Å². The maximum atomic E-state index is 12.7. The molecule has 0 unspecified atom stereocenters. The van der Waals surface area contributed by atoms with Crippen molar-refractivity contribution in [2.24, 2.45) is 0 Å². The molecule has 7 heteroatoms. The summed E-state index contributed by atoms with van der Waals surface area (Å²) in [5, 5.41) is 3.55. The van der Waals surface area contributed by atoms with Crippen molar-refractivity contribution in [3.63, 3.8) is 0 Å². The van der Waals surface area contributed by atoms with Crippen LogP contribution < -0.4 is 10.1 Å². The van der Waals surface area contributed by atoms with E-state index in [2.05, 4.69) is 10.3 Å². The number of nitrogens with zero attached hydrogens (tertiary/aromatic N) is 1. The number of anilines is 1. The quantitative estimate of drug-likeness (QED) is 0.411. The van der Waals surface area contributed by atoms with Crippen LogP contribution in [-0.4, -0.2) is 18.0 Å². The van der Waals surface area contributed by atoms with Crippen molar-refractivity contribution in [1.29, 1.82) is 0 Å². The molecule has 5 nitrogen and oxygen atoms in total. The van der Waals surface area contributed by atoms with Crippen molar-refractivity contribution in [1.82, 2.24) is 4.98 Å². The third-order valence-corrected chi connectivity index (χ3v) is 4.96. The predicted octanol–water partition coefficient (Wildman–Crippen LogP) is 6.37. The number of hydrogen-bond acceptors (Lipinski definition) is 4. The molecule has 29 heavy (non-hydrogen) atoms. The summed E-state index contributed by atoms with van der Waals surface area (Å²) in [6, 6.07) is 15.8. The van der Waals surface area contributed by atoms with Gasteiger partial charge >= 0.3 is 0 Å². The molecule has 0 aliphatic rings. The largest absolute Gasteiger partial charge is 0.495 e. The first-order valence-corrected chi connectivity index (χ1v) is 9.52. The molecule has 1 amide bonds. The van der Waals surface area contributed by atoms with E-state index in [9.17, 15) is 4.79 Å². The molecule has 0 atom stereocenters. The number of oxazole rings is 1. The summed E-state index contributed by atoms with van der Waals surface area (Å²) in [5.74, 6) is 0.572. The molecule has 0 aliphatic heterocycles. The van der Waals surface area contributed by atoms with E-state index in [4.69, 9.17) is 32.4 Å². The van der Waals surface area contributed by atoms with Gasteiger partial charge in [0, 0.05) is 10.6 Å². The first kappa shape index (κ1) is 19.3. The second kappa shape index (κ2) is 7.78. The lowest BCUT2D eigenvalue weighted by atomic mass is 10.1. The fourth-order valence-corrected chi connectivity index (χ4v) is 3.46. The van der Waals surface area contributed by atoms with Gasteiger partial charge in [0.15, 0.2) is 5.58 Å². The Bertz CT molecular complexity index is 1230. The lowest BCUT2D eigenvalue weighted by Crippen LogP contribution is -2.13. The Morgan fingerprint density at radius 3 is 2.66 bits per heavy atom. The Balaban J connectivity index is 1.70. The number of aryl methyl sites for hydroxylation is 1. The summed E-state index contributed by atoms with van der Waals surface area (Å²) in [5.41, 5.74) is 4.05. The van der Waals surface area contributed by atoms with Crippen LogP contribution in [0.3, 0.4) is 0 Å². The van der Waals surface area contributed by atoms with E-state index in [-0.39, 0.29) is 10.9 Å². The number of methoxy groups -OCH3 is 1. The molecule has 0 spiro atoms. The van der Waals surface area contributed by atoms with Gasteiger partial charge in [-0.05, 0) is 61.0 Å². The van der Waals surface area contributed by atoms with Crippen LogP contribution in [0.1, 0.15) is 15.9 Å². The van der Waals surface area contributed by atoms with Gasteiger partial charge in [0.05, 0.1) is 23.4 Å². The van der Waals surface area contributed by atoms with E-state index in [1.165, 1.54) is 13.2 Å². The highest BCUT2D eigenvalue weighted by molar-refractivity contribution is 6.37. The van der Waals surface area contributed by atoms with Gasteiger partial charge in [-0.1, -0.05) is 29.3 Å². The molecule has 0 bridgehead atoms. The van der Waals surface area contributed by atoms with Crippen molar-refractivity contribution in [2.75, 3.05) is 12.4 Å². The highest BCUT2D eigenvalue weighted by atomic mass is 35.5. The van der Waals surface area contributed by atoms with Crippen molar-refractivity contribution >= 4 is 45.9 Å². The molecule has 0 saturated heterocycles. The third-order valence-electron chi connectivity index (χ3n) is 4.41. The van der Waals surface area contributed by atoms with Crippen LogP contribution in [0.2, 0.25) is 10.0 Å². The number of carbonyl (C=O) groups is 1. The first-order chi connectivity index (χ1) is 13.9. The molecule has 4 aromatic rings. The van der Waals surface area contributed by atoms with Gasteiger partial charge in [-0.15, -0.1) is 0 Å². The van der Waals surface area contributed by atoms with Gasteiger partial charge < -0.3 is 14.5 Å². The maximum Gasteiger partial charge on any atom is 0.257 e. The standard InChI is InChI=1S/C22H16Cl2N2O3/c1-12-3-7-20-17(9-12)26-22(29-20)13-4-8-19(28-2)18(10-13)25-21(27)15-6-5-14(23)11-16(15)24/h3-11H,1-2H3,(H,25,27). The molecular weight excluding hydrogens is 411 g/mol. The summed E-state index contributed by atoms with van der Waals surface area (Å²) in [6.45, 7) is 2.00. The van der Waals surface area contributed by atoms with E-state index < -0.39 is 0 Å². The van der Waals surface area contributed by atoms with Crippen LogP contribution in [-0.2, 0) is 0 Å². The molecule has 4 rings (SSSR count). The van der Waals surface area contributed by atoms with Crippen molar-refractivity contribution in [3.05, 3.63) is 75.8 Å². The number of carbonyl (C=O) groups excluding carboxylic acids is 1. The summed E-state index contributed by atoms with van der Waals surface area (Å²) in [6.07, 6.45) is 0. The number of fused-ring (bicyclic) bond motifs is 1. The highest BCUT2D eigenvalue weighted by Gasteiger charge is 2.16. The van der Waals surface area contributed by atoms with Gasteiger partial charge in [0.25, 0.3) is 5.91 Å². The molecule has 1 heterocycles. The summed E-state index contributed by atoms with van der Waals surface area (Å²) < 4.78 is 11.2. The Kier molecular flexibility index (Phi) is 5.18. The van der Waals surface area contributed by atoms with Gasteiger partial charge in [0.2, 0.25) is 5.89 Å². The SMILES string of the molecule is COc1ccc(-c2nc3cc(C)ccc3o2)cc1NC(=O)c1ccc(Cl)cc1Cl. The zero-order valence-electron chi connectivity index (χ0n) is 15.6. The Morgan fingerprint density at radius 1 is 1.07 bits per heavy atom. The fraction of sp³-hybridized carbons (Fsp3) is 0.0909. The maximum absolute atomic E-state index is 12.7. The monoisotopic (exact) mass is 426 g/mol. The van der Waals surface area contributed by atoms with Gasteiger partial charge in [0.1, 0.15) is 11.3 Å². The number of halogens is 2. The number of nitrogens with one attached hydrogen (secondary N) is 1. The third kappa shape index (κ3) is 3.92. The highest BCUT2D eigenvalue weighted by Crippen LogP contribution is 2.33. The van der Waals surface area contributed by atoms with E-state index in [0.29, 0.717) is 39.1 Å².